The van der Waals surface area contributed by atoms with Crippen molar-refractivity contribution >= 4 is 10.2 Å². The van der Waals surface area contributed by atoms with Gasteiger partial charge in [0.25, 0.3) is 10.2 Å². The lowest BCUT2D eigenvalue weighted by atomic mass is 10.0. The van der Waals surface area contributed by atoms with Crippen LogP contribution in [0.3, 0.4) is 0 Å². The monoisotopic (exact) mass is 233 g/mol. The van der Waals surface area contributed by atoms with Crippen LogP contribution in [-0.4, -0.2) is 48.3 Å². The molecule has 2 N–H and O–H groups in total. The van der Waals surface area contributed by atoms with Crippen molar-refractivity contribution in [3.63, 3.8) is 0 Å². The van der Waals surface area contributed by atoms with Gasteiger partial charge in [-0.1, -0.05) is 0 Å². The van der Waals surface area contributed by atoms with E-state index in [-0.39, 0.29) is 11.6 Å². The summed E-state index contributed by atoms with van der Waals surface area (Å²) in [7, 11) is -3.50. The smallest absolute Gasteiger partial charge is 0.277 e. The number of hydrogen-bond acceptors (Lipinski definition) is 3. The number of likely N-dealkylation sites (tertiary alicyclic amines) is 1. The van der Waals surface area contributed by atoms with E-state index in [9.17, 15) is 8.42 Å². The number of nitrogens with two attached hydrogens (primary N) is 1. The van der Waals surface area contributed by atoms with E-state index in [1.54, 1.807) is 0 Å². The van der Waals surface area contributed by atoms with Crippen molar-refractivity contribution in [3.8, 4) is 0 Å². The maximum atomic E-state index is 11.3. The van der Waals surface area contributed by atoms with Crippen molar-refractivity contribution in [2.75, 3.05) is 13.1 Å². The molecule has 0 radical (unpaired) electrons. The highest BCUT2D eigenvalue weighted by Gasteiger charge is 2.49. The molecule has 0 saturated carbocycles. The van der Waals surface area contributed by atoms with Crippen LogP contribution in [0.15, 0.2) is 0 Å². The second-order valence-electron chi connectivity index (χ2n) is 5.48. The van der Waals surface area contributed by atoms with Crippen LogP contribution in [0.25, 0.3) is 0 Å². The van der Waals surface area contributed by atoms with Crippen LogP contribution in [0, 0.1) is 0 Å². The second-order valence-corrected chi connectivity index (χ2v) is 6.98. The summed E-state index contributed by atoms with van der Waals surface area (Å²) in [5, 5.41) is 5.16. The lowest BCUT2D eigenvalue weighted by molar-refractivity contribution is 0.0839. The summed E-state index contributed by atoms with van der Waals surface area (Å²) in [6.45, 7) is 7.85. The number of piperazine rings is 1. The molecule has 2 saturated heterocycles. The van der Waals surface area contributed by atoms with Gasteiger partial charge in [0.2, 0.25) is 0 Å². The molecule has 2 aliphatic heterocycles. The molecule has 0 aromatic heterocycles. The first-order valence-corrected chi connectivity index (χ1v) is 6.76. The summed E-state index contributed by atoms with van der Waals surface area (Å²) >= 11 is 0. The van der Waals surface area contributed by atoms with Gasteiger partial charge in [0.05, 0.1) is 0 Å². The van der Waals surface area contributed by atoms with Crippen molar-refractivity contribution in [2.45, 2.75) is 44.8 Å². The van der Waals surface area contributed by atoms with E-state index in [0.717, 1.165) is 13.0 Å². The highest BCUT2D eigenvalue weighted by molar-refractivity contribution is 7.86. The van der Waals surface area contributed by atoms with Gasteiger partial charge in [-0.05, 0) is 27.2 Å². The quantitative estimate of drug-likeness (QED) is 0.679. The summed E-state index contributed by atoms with van der Waals surface area (Å²) < 4.78 is 24.0. The Bertz CT molecular complexity index is 360. The molecule has 2 bridgehead atoms. The predicted octanol–water partition coefficient (Wildman–Crippen LogP) is -0.253. The van der Waals surface area contributed by atoms with E-state index in [0.29, 0.717) is 12.6 Å². The summed E-state index contributed by atoms with van der Waals surface area (Å²) in [4.78, 5) is 2.37. The molecule has 88 valence electrons. The molecule has 0 spiro atoms. The van der Waals surface area contributed by atoms with Gasteiger partial charge in [0.15, 0.2) is 0 Å². The molecule has 5 nitrogen and oxygen atoms in total. The molecule has 2 heterocycles. The van der Waals surface area contributed by atoms with Crippen LogP contribution in [0.1, 0.15) is 27.2 Å². The fourth-order valence-electron chi connectivity index (χ4n) is 2.76. The summed E-state index contributed by atoms with van der Waals surface area (Å²) in [5.41, 5.74) is 0.115. The van der Waals surface area contributed by atoms with Crippen LogP contribution in [-0.2, 0) is 10.2 Å². The van der Waals surface area contributed by atoms with Gasteiger partial charge in [0, 0.05) is 30.7 Å². The normalized spacial score (nSPS) is 33.9. The Balaban J connectivity index is 2.14. The molecule has 0 aromatic carbocycles. The standard InChI is InChI=1S/C9H19N3O2S/c1-9(2,3)11-5-8-4-7(11)6-12(8)15(10,13)14/h7-8H,4-6H2,1-3H3,(H2,10,13,14)/t7-,8-/m0/s1. The first-order chi connectivity index (χ1) is 6.69. The Hall–Kier alpha value is -0.170. The molecule has 0 amide bonds. The van der Waals surface area contributed by atoms with Crippen molar-refractivity contribution < 1.29 is 8.42 Å². The van der Waals surface area contributed by atoms with Gasteiger partial charge in [-0.25, -0.2) is 5.14 Å². The maximum Gasteiger partial charge on any atom is 0.277 e. The van der Waals surface area contributed by atoms with E-state index < -0.39 is 10.2 Å². The third-order valence-electron chi connectivity index (χ3n) is 3.38. The second kappa shape index (κ2) is 3.16. The van der Waals surface area contributed by atoms with Crippen molar-refractivity contribution in [1.82, 2.24) is 9.21 Å². The average Bonchev–Trinajstić information content (AvgIpc) is 2.57. The number of nitrogens with zero attached hydrogens (tertiary/aromatic N) is 2. The number of rotatable bonds is 1. The first kappa shape index (κ1) is 11.3. The van der Waals surface area contributed by atoms with E-state index in [1.807, 2.05) is 0 Å². The van der Waals surface area contributed by atoms with Crippen molar-refractivity contribution in [1.29, 1.82) is 0 Å². The zero-order valence-electron chi connectivity index (χ0n) is 9.47. The third-order valence-corrected chi connectivity index (χ3v) is 4.48. The predicted molar refractivity (Wildman–Crippen MR) is 58.5 cm³/mol. The fraction of sp³-hybridized carbons (Fsp3) is 1.00. The van der Waals surface area contributed by atoms with Crippen LogP contribution >= 0.6 is 0 Å². The number of fused-ring (bicyclic) bond motifs is 2. The molecule has 0 aromatic rings. The van der Waals surface area contributed by atoms with Gasteiger partial charge < -0.3 is 0 Å². The lowest BCUT2D eigenvalue weighted by Crippen LogP contribution is -2.55. The van der Waals surface area contributed by atoms with E-state index >= 15 is 0 Å². The minimum atomic E-state index is -3.50. The molecule has 2 aliphatic rings. The summed E-state index contributed by atoms with van der Waals surface area (Å²) in [5.74, 6) is 0. The molecule has 2 fully saturated rings. The van der Waals surface area contributed by atoms with Gasteiger partial charge in [-0.3, -0.25) is 4.90 Å². The van der Waals surface area contributed by atoms with Crippen LogP contribution < -0.4 is 5.14 Å². The van der Waals surface area contributed by atoms with E-state index in [1.165, 1.54) is 4.31 Å². The minimum absolute atomic E-state index is 0.0872. The Morgan fingerprint density at radius 2 is 1.80 bits per heavy atom. The lowest BCUT2D eigenvalue weighted by Gasteiger charge is -2.41. The van der Waals surface area contributed by atoms with Gasteiger partial charge in [0.1, 0.15) is 0 Å². The highest BCUT2D eigenvalue weighted by Crippen LogP contribution is 2.36. The maximum absolute atomic E-state index is 11.3. The summed E-state index contributed by atoms with van der Waals surface area (Å²) in [6, 6.07) is 0.428. The first-order valence-electron chi connectivity index (χ1n) is 5.26. The van der Waals surface area contributed by atoms with Gasteiger partial charge in [-0.2, -0.15) is 12.7 Å². The van der Waals surface area contributed by atoms with Crippen LogP contribution in [0.2, 0.25) is 0 Å². The molecular weight excluding hydrogens is 214 g/mol. The van der Waals surface area contributed by atoms with E-state index in [2.05, 4.69) is 25.7 Å². The molecule has 0 aliphatic carbocycles. The van der Waals surface area contributed by atoms with Crippen molar-refractivity contribution in [3.05, 3.63) is 0 Å². The van der Waals surface area contributed by atoms with E-state index in [4.69, 9.17) is 5.14 Å². The Labute approximate surface area is 91.4 Å². The zero-order chi connectivity index (χ0) is 11.4. The minimum Gasteiger partial charge on any atom is -0.293 e. The summed E-state index contributed by atoms with van der Waals surface area (Å²) in [6.07, 6.45) is 0.924. The fourth-order valence-corrected chi connectivity index (χ4v) is 3.71. The average molecular weight is 233 g/mol. The molecule has 2 atom stereocenters. The van der Waals surface area contributed by atoms with Crippen LogP contribution in [0.5, 0.6) is 0 Å². The molecular formula is C9H19N3O2S. The largest absolute Gasteiger partial charge is 0.293 e. The molecule has 2 rings (SSSR count). The number of hydrogen-bond donors (Lipinski definition) is 1. The van der Waals surface area contributed by atoms with Crippen molar-refractivity contribution in [2.24, 2.45) is 5.14 Å². The van der Waals surface area contributed by atoms with Gasteiger partial charge in [-0.15, -0.1) is 0 Å². The zero-order valence-corrected chi connectivity index (χ0v) is 10.3. The van der Waals surface area contributed by atoms with Gasteiger partial charge >= 0.3 is 0 Å². The van der Waals surface area contributed by atoms with Crippen LogP contribution in [0.4, 0.5) is 0 Å². The topological polar surface area (TPSA) is 66.6 Å². The highest BCUT2D eigenvalue weighted by atomic mass is 32.2. The molecule has 15 heavy (non-hydrogen) atoms. The Morgan fingerprint density at radius 1 is 1.20 bits per heavy atom. The SMILES string of the molecule is CC(C)(C)N1C[C@@H]2C[C@H]1CN2S(N)(=O)=O. The third kappa shape index (κ3) is 1.91. The molecule has 6 heteroatoms. The molecule has 0 unspecified atom stereocenters. The Kier molecular flexibility index (Phi) is 2.39. The Morgan fingerprint density at radius 3 is 2.13 bits per heavy atom.